The van der Waals surface area contributed by atoms with Gasteiger partial charge in [0, 0.05) is 69.1 Å². The van der Waals surface area contributed by atoms with Crippen LogP contribution in [0.1, 0.15) is 79.7 Å². The second-order valence-electron chi connectivity index (χ2n) is 22.7. The maximum absolute atomic E-state index is 15.0. The van der Waals surface area contributed by atoms with Crippen LogP contribution in [0.4, 0.5) is 0 Å². The van der Waals surface area contributed by atoms with E-state index in [-0.39, 0.29) is 52.9 Å². The van der Waals surface area contributed by atoms with Crippen molar-refractivity contribution in [1.82, 2.24) is 29.7 Å². The number of rotatable bonds is 13. The number of methoxy groups -OCH3 is 1. The highest BCUT2D eigenvalue weighted by molar-refractivity contribution is 5.98. The Morgan fingerprint density at radius 2 is 0.800 bits per heavy atom. The highest BCUT2D eigenvalue weighted by Gasteiger charge is 2.48. The lowest BCUT2D eigenvalue weighted by atomic mass is 9.87. The number of nitrogens with zero attached hydrogens (tertiary/aromatic N) is 3. The van der Waals surface area contributed by atoms with E-state index in [1.807, 2.05) is 84.9 Å². The van der Waals surface area contributed by atoms with Gasteiger partial charge in [0.1, 0.15) is 31.3 Å². The molecule has 0 saturated carbocycles. The highest BCUT2D eigenvalue weighted by Crippen LogP contribution is 2.48. The normalized spacial score (nSPS) is 19.9. The Labute approximate surface area is 512 Å². The van der Waals surface area contributed by atoms with Crippen LogP contribution in [0, 0.1) is 0 Å². The van der Waals surface area contributed by atoms with Crippen LogP contribution in [0.25, 0.3) is 32.7 Å². The van der Waals surface area contributed by atoms with Crippen LogP contribution in [0.2, 0.25) is 0 Å². The fourth-order valence-corrected chi connectivity index (χ4v) is 13.9. The van der Waals surface area contributed by atoms with Crippen molar-refractivity contribution in [3.05, 3.63) is 215 Å². The number of hydrogen-bond donors (Lipinski definition) is 3. The number of benzene rings is 6. The molecule has 21 nitrogen and oxygen atoms in total. The summed E-state index contributed by atoms with van der Waals surface area (Å²) >= 11 is 0. The van der Waals surface area contributed by atoms with Gasteiger partial charge in [-0.2, -0.15) is 0 Å². The minimum Gasteiger partial charge on any atom is -0.467 e. The third-order valence-electron chi connectivity index (χ3n) is 17.9. The first-order chi connectivity index (χ1) is 43.9. The van der Waals surface area contributed by atoms with Gasteiger partial charge in [-0.1, -0.05) is 80.4 Å². The first kappa shape index (κ1) is 55.4. The molecule has 9 aromatic rings. The average molecular weight is 1210 g/mol. The molecule has 3 N–H and O–H groups in total. The second kappa shape index (κ2) is 21.9. The fraction of sp³-hybridized carbons (Fsp3) is 0.217. The number of para-hydroxylation sites is 1. The number of aromatic nitrogens is 3. The molecule has 0 bridgehead atoms. The van der Waals surface area contributed by atoms with Gasteiger partial charge in [-0.3, -0.25) is 14.4 Å². The predicted octanol–water partition coefficient (Wildman–Crippen LogP) is 9.06. The van der Waals surface area contributed by atoms with E-state index in [0.717, 1.165) is 44.1 Å². The maximum atomic E-state index is 15.0. The van der Waals surface area contributed by atoms with E-state index in [2.05, 4.69) is 34.7 Å². The van der Waals surface area contributed by atoms with E-state index in [4.69, 9.17) is 42.6 Å². The molecule has 0 unspecified atom stereocenters. The molecule has 6 atom stereocenters. The van der Waals surface area contributed by atoms with E-state index < -0.39 is 71.9 Å². The summed E-state index contributed by atoms with van der Waals surface area (Å²) in [6.45, 7) is 11.2. The Morgan fingerprint density at radius 1 is 0.444 bits per heavy atom. The lowest BCUT2D eigenvalue weighted by molar-refractivity contribution is -0.157. The van der Waals surface area contributed by atoms with Crippen LogP contribution in [-0.4, -0.2) is 111 Å². The lowest BCUT2D eigenvalue weighted by Crippen LogP contribution is -2.51. The summed E-state index contributed by atoms with van der Waals surface area (Å²) in [6, 6.07) is 29.5. The number of carbonyl (C=O) groups excluding carboxylic acids is 6. The van der Waals surface area contributed by atoms with Crippen molar-refractivity contribution >= 4 is 68.3 Å². The van der Waals surface area contributed by atoms with Crippen molar-refractivity contribution < 1.29 is 71.4 Å². The fourth-order valence-electron chi connectivity index (χ4n) is 13.9. The topological polar surface area (TPSA) is 243 Å². The molecule has 6 aliphatic rings. The first-order valence-corrected chi connectivity index (χ1v) is 29.2. The number of aromatic amines is 3. The average Bonchev–Trinajstić information content (AvgIpc) is 1.53. The van der Waals surface area contributed by atoms with Gasteiger partial charge in [0.2, 0.25) is 38.1 Å². The van der Waals surface area contributed by atoms with Crippen LogP contribution < -0.4 is 28.4 Å². The van der Waals surface area contributed by atoms with Crippen LogP contribution in [0.5, 0.6) is 34.5 Å². The Balaban J connectivity index is 0.732. The van der Waals surface area contributed by atoms with E-state index in [1.165, 1.54) is 40.0 Å². The molecule has 6 aromatic carbocycles. The van der Waals surface area contributed by atoms with E-state index in [1.54, 1.807) is 30.3 Å². The summed E-state index contributed by atoms with van der Waals surface area (Å²) in [5, 5.41) is 2.46. The summed E-state index contributed by atoms with van der Waals surface area (Å²) in [4.78, 5) is 101. The van der Waals surface area contributed by atoms with Crippen LogP contribution in [0.15, 0.2) is 153 Å². The number of H-pyrrole nitrogens is 3. The lowest BCUT2D eigenvalue weighted by Gasteiger charge is -2.40. The Kier molecular flexibility index (Phi) is 13.5. The van der Waals surface area contributed by atoms with Crippen molar-refractivity contribution in [1.29, 1.82) is 0 Å². The van der Waals surface area contributed by atoms with E-state index in [9.17, 15) is 28.8 Å². The molecule has 0 radical (unpaired) electrons. The van der Waals surface area contributed by atoms with Crippen LogP contribution in [0.3, 0.4) is 0 Å². The highest BCUT2D eigenvalue weighted by atomic mass is 16.7. The van der Waals surface area contributed by atoms with Crippen molar-refractivity contribution in [2.75, 3.05) is 27.5 Å². The van der Waals surface area contributed by atoms with Crippen molar-refractivity contribution in [2.45, 2.75) is 68.7 Å². The molecular weight excluding hydrogens is 1150 g/mol. The minimum absolute atomic E-state index is 0.00535. The smallest absolute Gasteiger partial charge is 0.329 e. The molecule has 0 aliphatic carbocycles. The summed E-state index contributed by atoms with van der Waals surface area (Å²) in [7, 11) is 1.28. The van der Waals surface area contributed by atoms with Gasteiger partial charge < -0.3 is 72.3 Å². The molecule has 15 rings (SSSR count). The summed E-state index contributed by atoms with van der Waals surface area (Å²) in [5.41, 5.74) is 9.82. The quantitative estimate of drug-likeness (QED) is 0.0554. The number of fused-ring (bicyclic) bond motifs is 12. The van der Waals surface area contributed by atoms with Gasteiger partial charge in [-0.25, -0.2) is 14.4 Å². The molecule has 0 spiro atoms. The Hall–Kier alpha value is -11.2. The molecule has 3 aromatic heterocycles. The van der Waals surface area contributed by atoms with Crippen LogP contribution in [-0.2, 0) is 75.5 Å². The third kappa shape index (κ3) is 9.05. The van der Waals surface area contributed by atoms with Gasteiger partial charge in [0.15, 0.2) is 34.5 Å². The Morgan fingerprint density at radius 3 is 1.19 bits per heavy atom. The van der Waals surface area contributed by atoms with Crippen LogP contribution >= 0.6 is 0 Å². The molecule has 0 fully saturated rings. The second-order valence-corrected chi connectivity index (χ2v) is 22.7. The predicted molar refractivity (Wildman–Crippen MR) is 323 cm³/mol. The molecule has 21 heteroatoms. The van der Waals surface area contributed by atoms with Crippen molar-refractivity contribution in [2.24, 2.45) is 0 Å². The molecule has 0 saturated heterocycles. The molecular formula is C69H56N6O15. The van der Waals surface area contributed by atoms with Crippen molar-refractivity contribution in [3.63, 3.8) is 0 Å². The zero-order valence-electron chi connectivity index (χ0n) is 48.4. The number of esters is 3. The van der Waals surface area contributed by atoms with Gasteiger partial charge in [-0.05, 0) is 117 Å². The zero-order valence-corrected chi connectivity index (χ0v) is 48.4. The summed E-state index contributed by atoms with van der Waals surface area (Å²) in [6.07, 6.45) is 3.88. The van der Waals surface area contributed by atoms with Gasteiger partial charge in [0.05, 0.1) is 25.2 Å². The van der Waals surface area contributed by atoms with Gasteiger partial charge in [-0.15, -0.1) is 0 Å². The minimum atomic E-state index is -1.17. The molecule has 6 aliphatic heterocycles. The Bertz CT molecular complexity index is 4580. The third-order valence-corrected chi connectivity index (χ3v) is 17.9. The number of hydrogen-bond acceptors (Lipinski definition) is 15. The van der Waals surface area contributed by atoms with E-state index >= 15 is 0 Å². The molecule has 3 amide bonds. The van der Waals surface area contributed by atoms with Gasteiger partial charge in [0.25, 0.3) is 0 Å². The number of carbonyl (C=O) groups is 6. The monoisotopic (exact) mass is 1210 g/mol. The largest absolute Gasteiger partial charge is 0.467 e. The SMILES string of the molecule is C=CC(=O)N1[C@@H](c2ccc3c(c2)OCO3)c2[nH]c3cc(COC(=O)[C@@H]4Cc5c([nH]c6cc(COC(=O)[C@@H]7Cc8c([nH]c9ccccc89)[C@@H](c8ccc9c(c8)OCO9)N7C(=O)C=C)ccc56)[C@H](c5ccc6c(c5)OCO6)N4C(=O)C=C)ccc3c2C[C@@H]1C(=O)OC. The maximum Gasteiger partial charge on any atom is 0.329 e. The number of nitrogens with one attached hydrogen (secondary N) is 3. The molecule has 452 valence electrons. The van der Waals surface area contributed by atoms with Gasteiger partial charge >= 0.3 is 17.9 Å². The summed E-state index contributed by atoms with van der Waals surface area (Å²) < 4.78 is 51.9. The summed E-state index contributed by atoms with van der Waals surface area (Å²) in [5.74, 6) is -0.266. The van der Waals surface area contributed by atoms with E-state index in [0.29, 0.717) is 84.7 Å². The first-order valence-electron chi connectivity index (χ1n) is 29.2. The molecule has 90 heavy (non-hydrogen) atoms. The number of ether oxygens (including phenoxy) is 9. The number of amides is 3. The molecule has 9 heterocycles. The zero-order chi connectivity index (χ0) is 61.6. The standard InChI is InChI=1S/C69H56N6O15/c1-5-58(76)73-49(67(79)82-4)27-44-41-17-12-35(22-47(41)71-62(44)65(73)38-15-20-53-56(25-38)89-33-86-53)31-84-69(81)51-29-45-42-18-13-36(23-48(42)72-63(45)66(75(51)60(78)7-3)39-16-21-54-57(26-39)90-34-87-54)30-83-68(80)50-28-43-40-10-8-9-11-46(40)70-61(43)64(74(50)59(77)6-2)37-14-19-52-55(24-37)88-32-85-52/h5-26,49-51,64-66,70-72H,1-3,27-34H2,4H3/t49-,50+,51+,64-,65+,66+/m1/s1. The van der Waals surface area contributed by atoms with Crippen molar-refractivity contribution in [3.8, 4) is 34.5 Å².